The molecule has 24 rings (SSSR count). The number of aromatic nitrogens is 9. The van der Waals surface area contributed by atoms with Crippen LogP contribution in [0.5, 0.6) is 0 Å². The van der Waals surface area contributed by atoms with Gasteiger partial charge >= 0.3 is 0 Å². The fraction of sp³-hybridized carbons (Fsp3) is 0.00870. The third kappa shape index (κ3) is 14.8. The number of halogens is 1. The molecule has 0 bridgehead atoms. The van der Waals surface area contributed by atoms with Crippen LogP contribution in [0.2, 0.25) is 0 Å². The van der Waals surface area contributed by atoms with E-state index in [-0.39, 0.29) is 0 Å². The minimum Gasteiger partial charge on any atom is -0.355 e. The lowest BCUT2D eigenvalue weighted by Crippen LogP contribution is -1.97. The number of hydrogen-bond donors (Lipinski definition) is 1. The molecule has 6 heterocycles. The summed E-state index contributed by atoms with van der Waals surface area (Å²) < 4.78 is 5.80. The summed E-state index contributed by atoms with van der Waals surface area (Å²) in [6, 6.07) is 155. The van der Waals surface area contributed by atoms with E-state index in [2.05, 4.69) is 333 Å². The smallest absolute Gasteiger partial charge is 0.160 e. The first-order valence-electron chi connectivity index (χ1n) is 42.1. The summed E-state index contributed by atoms with van der Waals surface area (Å²) in [7, 11) is 0. The highest BCUT2D eigenvalue weighted by molar-refractivity contribution is 9.10. The lowest BCUT2D eigenvalue weighted by atomic mass is 9.97. The maximum Gasteiger partial charge on any atom is 0.160 e. The number of H-pyrrole nitrogens is 1. The van der Waals surface area contributed by atoms with Crippen LogP contribution >= 0.6 is 15.9 Å². The van der Waals surface area contributed by atoms with Gasteiger partial charge in [0.25, 0.3) is 0 Å². The van der Waals surface area contributed by atoms with Crippen LogP contribution in [0.1, 0.15) is 11.1 Å². The van der Waals surface area contributed by atoms with Gasteiger partial charge in [-0.2, -0.15) is 0 Å². The lowest BCUT2D eigenvalue weighted by Gasteiger charge is -2.12. The van der Waals surface area contributed by atoms with Crippen LogP contribution in [0.25, 0.3) is 212 Å². The van der Waals surface area contributed by atoms with E-state index < -0.39 is 0 Å². The summed E-state index contributed by atoms with van der Waals surface area (Å²) in [6.45, 7) is 0. The molecule has 0 amide bonds. The van der Waals surface area contributed by atoms with Gasteiger partial charge in [-0.15, -0.1) is 0 Å². The summed E-state index contributed by atoms with van der Waals surface area (Å²) in [5, 5.41) is 7.40. The Kier molecular flexibility index (Phi) is 19.7. The molecule has 588 valence electrons. The van der Waals surface area contributed by atoms with Crippen LogP contribution in [0.15, 0.2) is 447 Å². The highest BCUT2D eigenvalue weighted by atomic mass is 79.9. The minimum atomic E-state index is 0.704. The van der Waals surface area contributed by atoms with Crippen LogP contribution in [-0.2, 0) is 6.42 Å². The molecule has 0 unspecified atom stereocenters. The Bertz CT molecular complexity index is 7490. The molecule has 6 aromatic heterocycles. The van der Waals surface area contributed by atoms with Crippen molar-refractivity contribution in [1.82, 2.24) is 44.0 Å². The van der Waals surface area contributed by atoms with E-state index in [1.165, 1.54) is 87.9 Å². The van der Waals surface area contributed by atoms with Gasteiger partial charge in [0, 0.05) is 109 Å². The van der Waals surface area contributed by atoms with Gasteiger partial charge in [-0.3, -0.25) is 0 Å². The normalized spacial score (nSPS) is 11.5. The summed E-state index contributed by atoms with van der Waals surface area (Å²) >= 11 is 3.49. The summed E-state index contributed by atoms with van der Waals surface area (Å²) in [6.07, 6.45) is 1.05. The van der Waals surface area contributed by atoms with Crippen molar-refractivity contribution in [1.29, 1.82) is 0 Å². The van der Waals surface area contributed by atoms with Crippen molar-refractivity contribution in [2.75, 3.05) is 0 Å². The quantitative estimate of drug-likeness (QED) is 0.123. The van der Waals surface area contributed by atoms with E-state index in [9.17, 15) is 0 Å². The molecule has 0 spiro atoms. The highest BCUT2D eigenvalue weighted by Crippen LogP contribution is 2.43. The molecule has 0 aliphatic heterocycles. The molecular weight excluding hydrogens is 1590 g/mol. The first kappa shape index (κ1) is 75.1. The molecule has 17 aromatic carbocycles. The molecule has 1 aliphatic carbocycles. The predicted molar refractivity (Wildman–Crippen MR) is 520 cm³/mol. The van der Waals surface area contributed by atoms with Crippen LogP contribution in [-0.4, -0.2) is 44.0 Å². The molecule has 0 radical (unpaired) electrons. The first-order chi connectivity index (χ1) is 61.8. The minimum absolute atomic E-state index is 0.704. The number of aromatic amines is 1. The monoisotopic (exact) mass is 1660 g/mol. The molecule has 9 nitrogen and oxygen atoms in total. The Balaban J connectivity index is 0.000000146. The molecule has 1 aliphatic rings. The number of nitrogens with one attached hydrogen (secondary N) is 1. The molecule has 125 heavy (non-hydrogen) atoms. The zero-order valence-electron chi connectivity index (χ0n) is 67.8. The van der Waals surface area contributed by atoms with E-state index in [0.29, 0.717) is 11.6 Å². The predicted octanol–water partition coefficient (Wildman–Crippen LogP) is 29.9. The number of benzene rings is 17. The van der Waals surface area contributed by atoms with Crippen molar-refractivity contribution < 1.29 is 0 Å². The van der Waals surface area contributed by atoms with E-state index >= 15 is 0 Å². The van der Waals surface area contributed by atoms with Crippen molar-refractivity contribution in [3.63, 3.8) is 0 Å². The maximum atomic E-state index is 5.09. The average molecular weight is 1660 g/mol. The van der Waals surface area contributed by atoms with Gasteiger partial charge in [0.1, 0.15) is 0 Å². The summed E-state index contributed by atoms with van der Waals surface area (Å²) in [5.74, 6) is 2.14. The number of para-hydroxylation sites is 3. The Labute approximate surface area is 731 Å². The maximum absolute atomic E-state index is 5.09. The second-order valence-electron chi connectivity index (χ2n) is 31.5. The lowest BCUT2D eigenvalue weighted by molar-refractivity contribution is 1.17. The molecule has 0 saturated heterocycles. The molecular formula is C115H76BrN9. The number of fused-ring (bicyclic) bond motifs is 12. The fourth-order valence-electron chi connectivity index (χ4n) is 17.6. The van der Waals surface area contributed by atoms with Crippen molar-refractivity contribution in [3.8, 4) is 146 Å². The van der Waals surface area contributed by atoms with E-state index in [1.807, 2.05) is 140 Å². The first-order valence-corrected chi connectivity index (χ1v) is 42.9. The van der Waals surface area contributed by atoms with Crippen LogP contribution in [0.4, 0.5) is 0 Å². The van der Waals surface area contributed by atoms with Crippen LogP contribution < -0.4 is 0 Å². The third-order valence-corrected chi connectivity index (χ3v) is 24.3. The standard InChI is InChI=1S/C68H44N6.C25H17N.C22H15BrN2/c1-5-17-45(18-6-1)59-43-61(71-67(69-59)49-21-9-3-10-22-49)47-29-35-53(36-30-47)73-63-27-15-13-25-55(63)57-41-51(33-39-65(57)73)52-34-40-66-58(42-52)56-26-14-16-28-64(56)74(66)54-37-31-48(32-38-54)62-44-60(46-19-7-2-8-20-46)70-68(72-62)50-23-11-4-12-24-50;1-2-6-20-18(5-1)13-19-10-9-16(14-22(19)20)17-11-12-25-23(15-17)21-7-3-4-8-24(21)26-25;23-19-13-11-17(12-14-19)21-15-20(16-7-3-1-4-8-16)24-22(25-21)18-9-5-2-6-10-18/h1-44H;1-12,14-15,26H,13H2;1-15H. The number of hydrogen-bond acceptors (Lipinski definition) is 6. The Morgan fingerprint density at radius 1 is 0.200 bits per heavy atom. The van der Waals surface area contributed by atoms with E-state index in [1.54, 1.807) is 0 Å². The summed E-state index contributed by atoms with van der Waals surface area (Å²) in [4.78, 5) is 33.3. The molecule has 23 aromatic rings. The zero-order valence-corrected chi connectivity index (χ0v) is 69.4. The van der Waals surface area contributed by atoms with Gasteiger partial charge in [0.05, 0.1) is 56.2 Å². The van der Waals surface area contributed by atoms with Crippen LogP contribution in [0, 0.1) is 0 Å². The molecule has 0 saturated carbocycles. The Hall–Kier alpha value is -16.1. The van der Waals surface area contributed by atoms with Gasteiger partial charge in [-0.1, -0.05) is 344 Å². The fourth-order valence-corrected chi connectivity index (χ4v) is 17.8. The van der Waals surface area contributed by atoms with Crippen molar-refractivity contribution in [3.05, 3.63) is 458 Å². The van der Waals surface area contributed by atoms with Gasteiger partial charge in [-0.05, 0) is 166 Å². The second kappa shape index (κ2) is 32.8. The highest BCUT2D eigenvalue weighted by Gasteiger charge is 2.23. The number of rotatable bonds is 13. The second-order valence-corrected chi connectivity index (χ2v) is 32.4. The molecule has 10 heteroatoms. The van der Waals surface area contributed by atoms with Gasteiger partial charge in [0.2, 0.25) is 0 Å². The Morgan fingerprint density at radius 2 is 0.496 bits per heavy atom. The zero-order chi connectivity index (χ0) is 83.1. The van der Waals surface area contributed by atoms with E-state index in [4.69, 9.17) is 29.9 Å². The summed E-state index contributed by atoms with van der Waals surface area (Å²) in [5.41, 5.74) is 34.4. The average Bonchev–Trinajstić information content (AvgIpc) is 1.58. The molecule has 0 atom stereocenters. The number of nitrogens with zero attached hydrogens (tertiary/aromatic N) is 8. The largest absolute Gasteiger partial charge is 0.355 e. The Morgan fingerprint density at radius 3 is 0.928 bits per heavy atom. The van der Waals surface area contributed by atoms with Crippen molar-refractivity contribution in [2.45, 2.75) is 6.42 Å². The third-order valence-electron chi connectivity index (χ3n) is 23.8. The van der Waals surface area contributed by atoms with Crippen molar-refractivity contribution in [2.24, 2.45) is 0 Å². The topological polar surface area (TPSA) is 103 Å². The van der Waals surface area contributed by atoms with Gasteiger partial charge in [0.15, 0.2) is 17.5 Å². The van der Waals surface area contributed by atoms with Crippen molar-refractivity contribution >= 4 is 81.3 Å². The van der Waals surface area contributed by atoms with Gasteiger partial charge in [-0.25, -0.2) is 29.9 Å². The molecule has 1 N–H and O–H groups in total. The van der Waals surface area contributed by atoms with Gasteiger partial charge < -0.3 is 14.1 Å². The molecule has 0 fully saturated rings. The SMILES string of the molecule is Brc1ccc(-c2cc(-c3ccccc3)nc(-c3ccccc3)n2)cc1.c1ccc(-c2cc(-c3ccc(-n4c5ccccc5c5cc(-c6ccc7c(c6)c6ccccc6n7-c6ccc(-c7cc(-c8ccccc8)nc(-c8ccccc8)n7)cc6)ccc54)cc3)nc(-c3ccccc3)n2)cc1.c1ccc2c(c1)Cc1ccc(-c3ccc4[nH]c5ccccc5c4c3)cc1-2. The van der Waals surface area contributed by atoms with Crippen LogP contribution in [0.3, 0.4) is 0 Å². The van der Waals surface area contributed by atoms with E-state index in [0.717, 1.165) is 134 Å².